The number of aliphatic imine (C=N–C) groups is 1. The minimum absolute atomic E-state index is 0.0549. The number of guanidine groups is 1. The van der Waals surface area contributed by atoms with Crippen molar-refractivity contribution in [2.45, 2.75) is 52.3 Å². The van der Waals surface area contributed by atoms with Crippen molar-refractivity contribution in [3.05, 3.63) is 29.3 Å². The molecule has 1 aromatic rings. The monoisotopic (exact) mass is 427 g/mol. The fraction of sp³-hybridized carbons (Fsp3) is 0.667. The van der Waals surface area contributed by atoms with Crippen LogP contribution in [0.25, 0.3) is 0 Å². The van der Waals surface area contributed by atoms with Gasteiger partial charge in [-0.2, -0.15) is 0 Å². The van der Waals surface area contributed by atoms with Gasteiger partial charge in [-0.1, -0.05) is 12.1 Å². The molecule has 1 rings (SSSR count). The van der Waals surface area contributed by atoms with E-state index in [1.807, 2.05) is 32.0 Å². The summed E-state index contributed by atoms with van der Waals surface area (Å²) in [5, 5.41) is 6.27. The van der Waals surface area contributed by atoms with E-state index in [0.717, 1.165) is 23.3 Å². The van der Waals surface area contributed by atoms with Gasteiger partial charge in [0.05, 0.1) is 23.7 Å². The summed E-state index contributed by atoms with van der Waals surface area (Å²) in [4.78, 5) is 4.60. The molecule has 0 aliphatic heterocycles. The normalized spacial score (nSPS) is 12.7. The number of hydrogen-bond donors (Lipinski definition) is 2. The number of sulfone groups is 1. The molecule has 0 unspecified atom stereocenters. The van der Waals surface area contributed by atoms with Crippen molar-refractivity contribution in [1.29, 1.82) is 0 Å². The summed E-state index contributed by atoms with van der Waals surface area (Å²) < 4.78 is 34.7. The van der Waals surface area contributed by atoms with E-state index in [4.69, 9.17) is 9.47 Å². The lowest BCUT2D eigenvalue weighted by Crippen LogP contribution is -2.41. The third-order valence-corrected chi connectivity index (χ3v) is 6.93. The zero-order valence-corrected chi connectivity index (χ0v) is 19.5. The van der Waals surface area contributed by atoms with Crippen LogP contribution in [-0.2, 0) is 21.1 Å². The molecule has 0 atom stereocenters. The van der Waals surface area contributed by atoms with E-state index in [2.05, 4.69) is 15.6 Å². The molecule has 0 amide bonds. The molecular weight excluding hydrogens is 390 g/mol. The van der Waals surface area contributed by atoms with Crippen molar-refractivity contribution in [2.24, 2.45) is 4.99 Å². The summed E-state index contributed by atoms with van der Waals surface area (Å²) in [7, 11) is -1.50. The first-order valence-corrected chi connectivity index (χ1v) is 11.7. The number of benzene rings is 1. The van der Waals surface area contributed by atoms with Crippen LogP contribution in [0.1, 0.15) is 45.2 Å². The quantitative estimate of drug-likeness (QED) is 0.321. The molecule has 0 saturated carbocycles. The Labute approximate surface area is 176 Å². The summed E-state index contributed by atoms with van der Waals surface area (Å²) >= 11 is 0. The number of rotatable bonds is 11. The van der Waals surface area contributed by atoms with Crippen molar-refractivity contribution < 1.29 is 17.9 Å². The summed E-state index contributed by atoms with van der Waals surface area (Å²) in [6, 6.07) is 6.05. The van der Waals surface area contributed by atoms with Crippen molar-refractivity contribution >= 4 is 15.8 Å². The Morgan fingerprint density at radius 3 is 2.52 bits per heavy atom. The minimum atomic E-state index is -3.18. The van der Waals surface area contributed by atoms with Crippen LogP contribution in [0.15, 0.2) is 23.2 Å². The predicted molar refractivity (Wildman–Crippen MR) is 120 cm³/mol. The highest BCUT2D eigenvalue weighted by Gasteiger charge is 2.28. The largest absolute Gasteiger partial charge is 0.493 e. The maximum absolute atomic E-state index is 12.3. The van der Waals surface area contributed by atoms with Gasteiger partial charge in [-0.3, -0.25) is 0 Å². The van der Waals surface area contributed by atoms with Crippen LogP contribution in [0.3, 0.4) is 0 Å². The second-order valence-corrected chi connectivity index (χ2v) is 10.7. The van der Waals surface area contributed by atoms with Crippen LogP contribution in [0.2, 0.25) is 0 Å². The number of aryl methyl sites for hydroxylation is 1. The third kappa shape index (κ3) is 9.04. The van der Waals surface area contributed by atoms with Crippen LogP contribution in [-0.4, -0.2) is 58.3 Å². The van der Waals surface area contributed by atoms with Crippen LogP contribution in [0, 0.1) is 6.92 Å². The zero-order chi connectivity index (χ0) is 21.9. The Bertz CT molecular complexity index is 756. The van der Waals surface area contributed by atoms with E-state index < -0.39 is 14.6 Å². The topological polar surface area (TPSA) is 89.0 Å². The van der Waals surface area contributed by atoms with E-state index in [1.54, 1.807) is 27.9 Å². The van der Waals surface area contributed by atoms with E-state index in [-0.39, 0.29) is 5.75 Å². The molecule has 7 nitrogen and oxygen atoms in total. The molecule has 8 heteroatoms. The fourth-order valence-electron chi connectivity index (χ4n) is 2.43. The van der Waals surface area contributed by atoms with E-state index in [1.165, 1.54) is 0 Å². The van der Waals surface area contributed by atoms with E-state index in [0.29, 0.717) is 38.8 Å². The molecular formula is C21H37N3O4S. The van der Waals surface area contributed by atoms with Gasteiger partial charge in [0.25, 0.3) is 0 Å². The lowest BCUT2D eigenvalue weighted by Gasteiger charge is -2.20. The van der Waals surface area contributed by atoms with Crippen LogP contribution >= 0.6 is 0 Å². The van der Waals surface area contributed by atoms with E-state index in [9.17, 15) is 8.42 Å². The van der Waals surface area contributed by atoms with Crippen LogP contribution < -0.4 is 15.4 Å². The average Bonchev–Trinajstić information content (AvgIpc) is 2.63. The summed E-state index contributed by atoms with van der Waals surface area (Å²) in [6.07, 6.45) is 0.819. The van der Waals surface area contributed by atoms with Gasteiger partial charge in [0.1, 0.15) is 5.75 Å². The zero-order valence-electron chi connectivity index (χ0n) is 18.7. The van der Waals surface area contributed by atoms with Gasteiger partial charge in [0.2, 0.25) is 0 Å². The Hall–Kier alpha value is -1.80. The van der Waals surface area contributed by atoms with Crippen molar-refractivity contribution in [3.63, 3.8) is 0 Å². The Morgan fingerprint density at radius 1 is 1.17 bits per heavy atom. The highest BCUT2D eigenvalue weighted by Crippen LogP contribution is 2.21. The molecule has 0 heterocycles. The number of methoxy groups -OCH3 is 1. The maximum Gasteiger partial charge on any atom is 0.191 e. The fourth-order valence-corrected chi connectivity index (χ4v) is 3.41. The lowest BCUT2D eigenvalue weighted by atomic mass is 10.1. The highest BCUT2D eigenvalue weighted by molar-refractivity contribution is 7.92. The van der Waals surface area contributed by atoms with Gasteiger partial charge in [0, 0.05) is 38.8 Å². The number of nitrogens with one attached hydrogen (secondary N) is 2. The molecule has 0 fully saturated rings. The van der Waals surface area contributed by atoms with Crippen LogP contribution in [0.5, 0.6) is 5.75 Å². The first-order chi connectivity index (χ1) is 13.6. The molecule has 166 valence electrons. The van der Waals surface area contributed by atoms with Gasteiger partial charge in [0.15, 0.2) is 15.8 Å². The van der Waals surface area contributed by atoms with Gasteiger partial charge in [-0.15, -0.1) is 0 Å². The number of ether oxygens (including phenoxy) is 2. The second-order valence-electron chi connectivity index (χ2n) is 7.86. The maximum atomic E-state index is 12.3. The average molecular weight is 428 g/mol. The Morgan fingerprint density at radius 2 is 1.90 bits per heavy atom. The molecule has 1 aromatic carbocycles. The molecule has 0 radical (unpaired) electrons. The Kier molecular flexibility index (Phi) is 10.5. The molecule has 0 spiro atoms. The molecule has 2 N–H and O–H groups in total. The number of hydrogen-bond acceptors (Lipinski definition) is 5. The van der Waals surface area contributed by atoms with Gasteiger partial charge < -0.3 is 20.1 Å². The minimum Gasteiger partial charge on any atom is -0.493 e. The summed E-state index contributed by atoms with van der Waals surface area (Å²) in [6.45, 7) is 11.8. The van der Waals surface area contributed by atoms with Crippen molar-refractivity contribution in [2.75, 3.05) is 39.2 Å². The molecule has 0 aliphatic carbocycles. The van der Waals surface area contributed by atoms with Gasteiger partial charge >= 0.3 is 0 Å². The van der Waals surface area contributed by atoms with Gasteiger partial charge in [-0.05, 0) is 46.2 Å². The second kappa shape index (κ2) is 12.0. The molecule has 0 aromatic heterocycles. The summed E-state index contributed by atoms with van der Waals surface area (Å²) in [5.41, 5.74) is 2.10. The molecule has 0 aliphatic rings. The van der Waals surface area contributed by atoms with E-state index >= 15 is 0 Å². The van der Waals surface area contributed by atoms with Crippen molar-refractivity contribution in [3.8, 4) is 5.75 Å². The predicted octanol–water partition coefficient (Wildman–Crippen LogP) is 2.68. The summed E-state index contributed by atoms with van der Waals surface area (Å²) in [5.74, 6) is 1.46. The smallest absolute Gasteiger partial charge is 0.191 e. The van der Waals surface area contributed by atoms with Gasteiger partial charge in [-0.25, -0.2) is 13.4 Å². The van der Waals surface area contributed by atoms with Crippen LogP contribution in [0.4, 0.5) is 0 Å². The SMILES string of the molecule is CCNC(=NCc1ccc(C)cc1OCCCOC)NCCS(=O)(=O)C(C)(C)C. The number of nitrogens with zero attached hydrogens (tertiary/aromatic N) is 1. The molecule has 0 bridgehead atoms. The molecule has 29 heavy (non-hydrogen) atoms. The Balaban J connectivity index is 2.77. The van der Waals surface area contributed by atoms with Crippen molar-refractivity contribution in [1.82, 2.24) is 10.6 Å². The first kappa shape index (κ1) is 25.2. The third-order valence-electron chi connectivity index (χ3n) is 4.32. The standard InChI is InChI=1S/C21H37N3O4S/c1-7-22-20(23-11-14-29(25,26)21(3,4)5)24-16-18-10-9-17(2)15-19(18)28-13-8-12-27-6/h9-10,15H,7-8,11-14,16H2,1-6H3,(H2,22,23,24). The molecule has 0 saturated heterocycles. The lowest BCUT2D eigenvalue weighted by molar-refractivity contribution is 0.172. The highest BCUT2D eigenvalue weighted by atomic mass is 32.2. The first-order valence-electron chi connectivity index (χ1n) is 10.1.